The van der Waals surface area contributed by atoms with Crippen LogP contribution in [0.5, 0.6) is 0 Å². The standard InChI is InChI=1S/C22H29N3O7S/c26-20-4-1-17-15-18(33(28,29)24-9-11-30-12-10-24)2-3-19(17)25(20)16-21(27)23-7-5-22(6-8-23)31-13-14-32-22/h2-3,15H,1,4-14,16H2. The van der Waals surface area contributed by atoms with Crippen molar-refractivity contribution in [1.82, 2.24) is 9.21 Å². The highest BCUT2D eigenvalue weighted by atomic mass is 32.2. The van der Waals surface area contributed by atoms with Gasteiger partial charge in [-0.15, -0.1) is 0 Å². The number of carbonyl (C=O) groups is 2. The van der Waals surface area contributed by atoms with Gasteiger partial charge in [-0.25, -0.2) is 8.42 Å². The molecule has 11 heteroatoms. The van der Waals surface area contributed by atoms with Crippen molar-refractivity contribution in [3.05, 3.63) is 23.8 Å². The number of aryl methyl sites for hydroxylation is 1. The number of fused-ring (bicyclic) bond motifs is 1. The molecule has 3 fully saturated rings. The van der Waals surface area contributed by atoms with Gasteiger partial charge in [0, 0.05) is 51.1 Å². The van der Waals surface area contributed by atoms with Crippen molar-refractivity contribution >= 4 is 27.5 Å². The third kappa shape index (κ3) is 4.40. The molecular formula is C22H29N3O7S. The summed E-state index contributed by atoms with van der Waals surface area (Å²) >= 11 is 0. The van der Waals surface area contributed by atoms with Gasteiger partial charge >= 0.3 is 0 Å². The molecule has 0 aliphatic carbocycles. The molecule has 0 aromatic heterocycles. The highest BCUT2D eigenvalue weighted by molar-refractivity contribution is 7.89. The van der Waals surface area contributed by atoms with Crippen molar-refractivity contribution in [2.75, 3.05) is 64.1 Å². The monoisotopic (exact) mass is 479 g/mol. The van der Waals surface area contributed by atoms with Crippen molar-refractivity contribution < 1.29 is 32.2 Å². The predicted molar refractivity (Wildman–Crippen MR) is 117 cm³/mol. The maximum Gasteiger partial charge on any atom is 0.243 e. The summed E-state index contributed by atoms with van der Waals surface area (Å²) in [6.07, 6.45) is 1.93. The fourth-order valence-corrected chi connectivity index (χ4v) is 6.38. The quantitative estimate of drug-likeness (QED) is 0.614. The van der Waals surface area contributed by atoms with E-state index in [0.717, 1.165) is 5.56 Å². The zero-order chi connectivity index (χ0) is 23.1. The Kier molecular flexibility index (Phi) is 6.17. The Labute approximate surface area is 193 Å². The number of morpholine rings is 1. The molecule has 4 aliphatic rings. The molecule has 180 valence electrons. The molecule has 10 nitrogen and oxygen atoms in total. The number of likely N-dealkylation sites (tertiary alicyclic amines) is 1. The second-order valence-corrected chi connectivity index (χ2v) is 10.7. The number of hydrogen-bond acceptors (Lipinski definition) is 7. The molecule has 2 amide bonds. The highest BCUT2D eigenvalue weighted by Crippen LogP contribution is 2.33. The maximum absolute atomic E-state index is 13.0. The van der Waals surface area contributed by atoms with Crippen molar-refractivity contribution in [3.8, 4) is 0 Å². The molecule has 0 unspecified atom stereocenters. The summed E-state index contributed by atoms with van der Waals surface area (Å²) in [6.45, 7) is 3.55. The van der Waals surface area contributed by atoms with Crippen LogP contribution >= 0.6 is 0 Å². The number of amides is 2. The van der Waals surface area contributed by atoms with E-state index in [2.05, 4.69) is 0 Å². The minimum Gasteiger partial charge on any atom is -0.379 e. The number of benzene rings is 1. The number of ether oxygens (including phenoxy) is 3. The number of sulfonamides is 1. The fraction of sp³-hybridized carbons (Fsp3) is 0.636. The van der Waals surface area contributed by atoms with Gasteiger partial charge in [-0.05, 0) is 30.2 Å². The molecule has 4 aliphatic heterocycles. The number of anilines is 1. The Hall–Kier alpha value is -2.05. The van der Waals surface area contributed by atoms with Gasteiger partial charge in [0.1, 0.15) is 6.54 Å². The van der Waals surface area contributed by atoms with Gasteiger partial charge in [0.2, 0.25) is 21.8 Å². The predicted octanol–water partition coefficient (Wildman–Crippen LogP) is 0.352. The number of carbonyl (C=O) groups excluding carboxylic acids is 2. The first-order valence-corrected chi connectivity index (χ1v) is 12.9. The summed E-state index contributed by atoms with van der Waals surface area (Å²) in [5.74, 6) is -0.822. The van der Waals surface area contributed by atoms with Crippen molar-refractivity contribution in [2.24, 2.45) is 0 Å². The molecule has 0 saturated carbocycles. The minimum atomic E-state index is -3.63. The van der Waals surface area contributed by atoms with Crippen LogP contribution in [0, 0.1) is 0 Å². The van der Waals surface area contributed by atoms with E-state index in [-0.39, 0.29) is 29.7 Å². The van der Waals surface area contributed by atoms with Crippen LogP contribution < -0.4 is 4.90 Å². The fourth-order valence-electron chi connectivity index (χ4n) is 4.92. The molecule has 33 heavy (non-hydrogen) atoms. The van der Waals surface area contributed by atoms with Crippen LogP contribution in [-0.4, -0.2) is 94.4 Å². The summed E-state index contributed by atoms with van der Waals surface area (Å²) < 4.78 is 44.2. The van der Waals surface area contributed by atoms with Crippen molar-refractivity contribution in [3.63, 3.8) is 0 Å². The van der Waals surface area contributed by atoms with Crippen LogP contribution in [0.2, 0.25) is 0 Å². The van der Waals surface area contributed by atoms with Gasteiger partial charge in [0.15, 0.2) is 5.79 Å². The molecule has 0 bridgehead atoms. The van der Waals surface area contributed by atoms with Gasteiger partial charge < -0.3 is 24.0 Å². The third-order valence-corrected chi connectivity index (χ3v) is 8.74. The van der Waals surface area contributed by atoms with E-state index in [4.69, 9.17) is 14.2 Å². The summed E-state index contributed by atoms with van der Waals surface area (Å²) in [6, 6.07) is 4.82. The smallest absolute Gasteiger partial charge is 0.243 e. The van der Waals surface area contributed by atoms with E-state index in [1.165, 1.54) is 15.3 Å². The Morgan fingerprint density at radius 3 is 2.36 bits per heavy atom. The SMILES string of the molecule is O=C(CN1C(=O)CCc2cc(S(=O)(=O)N3CCOCC3)ccc21)N1CCC2(CC1)OCCO2. The van der Waals surface area contributed by atoms with Crippen LogP contribution in [0.4, 0.5) is 5.69 Å². The van der Waals surface area contributed by atoms with Gasteiger partial charge in [-0.2, -0.15) is 4.31 Å². The van der Waals surface area contributed by atoms with E-state index >= 15 is 0 Å². The lowest BCUT2D eigenvalue weighted by molar-refractivity contribution is -0.187. The van der Waals surface area contributed by atoms with Crippen molar-refractivity contribution in [1.29, 1.82) is 0 Å². The summed E-state index contributed by atoms with van der Waals surface area (Å²) in [5, 5.41) is 0. The molecule has 0 N–H and O–H groups in total. The number of nitrogens with zero attached hydrogens (tertiary/aromatic N) is 3. The lowest BCUT2D eigenvalue weighted by Crippen LogP contribution is -2.51. The Balaban J connectivity index is 1.30. The number of piperidine rings is 1. The summed E-state index contributed by atoms with van der Waals surface area (Å²) in [4.78, 5) is 29.1. The second-order valence-electron chi connectivity index (χ2n) is 8.78. The third-order valence-electron chi connectivity index (χ3n) is 6.84. The van der Waals surface area contributed by atoms with E-state index in [1.807, 2.05) is 0 Å². The van der Waals surface area contributed by atoms with E-state index in [1.54, 1.807) is 17.0 Å². The molecule has 3 saturated heterocycles. The average molecular weight is 480 g/mol. The van der Waals surface area contributed by atoms with Crippen molar-refractivity contribution in [2.45, 2.75) is 36.4 Å². The first kappa shape index (κ1) is 22.7. The van der Waals surface area contributed by atoms with Gasteiger partial charge in [0.25, 0.3) is 0 Å². The second kappa shape index (κ2) is 8.95. The Morgan fingerprint density at radius 2 is 1.67 bits per heavy atom. The molecule has 0 atom stereocenters. The first-order chi connectivity index (χ1) is 15.9. The summed E-state index contributed by atoms with van der Waals surface area (Å²) in [5.41, 5.74) is 1.37. The van der Waals surface area contributed by atoms with E-state index in [0.29, 0.717) is 77.6 Å². The van der Waals surface area contributed by atoms with Gasteiger partial charge in [-0.3, -0.25) is 9.59 Å². The summed E-state index contributed by atoms with van der Waals surface area (Å²) in [7, 11) is -3.63. The minimum absolute atomic E-state index is 0.0594. The van der Waals surface area contributed by atoms with Crippen LogP contribution in [-0.2, 0) is 40.2 Å². The van der Waals surface area contributed by atoms with E-state index in [9.17, 15) is 18.0 Å². The largest absolute Gasteiger partial charge is 0.379 e. The van der Waals surface area contributed by atoms with Crippen LogP contribution in [0.15, 0.2) is 23.1 Å². The zero-order valence-electron chi connectivity index (χ0n) is 18.5. The van der Waals surface area contributed by atoms with Crippen LogP contribution in [0.3, 0.4) is 0 Å². The number of rotatable bonds is 4. The lowest BCUT2D eigenvalue weighted by Gasteiger charge is -2.38. The Bertz CT molecular complexity index is 1020. The van der Waals surface area contributed by atoms with Gasteiger partial charge in [0.05, 0.1) is 31.3 Å². The average Bonchev–Trinajstić information content (AvgIpc) is 3.29. The number of hydrogen-bond donors (Lipinski definition) is 0. The molecule has 1 aromatic rings. The molecule has 0 radical (unpaired) electrons. The van der Waals surface area contributed by atoms with Crippen LogP contribution in [0.1, 0.15) is 24.8 Å². The van der Waals surface area contributed by atoms with Gasteiger partial charge in [-0.1, -0.05) is 0 Å². The Morgan fingerprint density at radius 1 is 0.970 bits per heavy atom. The molecular weight excluding hydrogens is 450 g/mol. The first-order valence-electron chi connectivity index (χ1n) is 11.4. The van der Waals surface area contributed by atoms with Crippen LogP contribution in [0.25, 0.3) is 0 Å². The van der Waals surface area contributed by atoms with E-state index < -0.39 is 15.8 Å². The zero-order valence-corrected chi connectivity index (χ0v) is 19.3. The molecule has 5 rings (SSSR count). The lowest BCUT2D eigenvalue weighted by atomic mass is 10.0. The molecule has 4 heterocycles. The maximum atomic E-state index is 13.0. The normalized spacial score (nSPS) is 23.7. The topological polar surface area (TPSA) is 106 Å². The molecule has 1 spiro atoms. The molecule has 1 aromatic carbocycles. The highest BCUT2D eigenvalue weighted by Gasteiger charge is 2.41.